The molecule has 1 aliphatic rings. The zero-order valence-electron chi connectivity index (χ0n) is 11.8. The SMILES string of the molecule is N#C/C(=C/Nc1nccs1)C(=O)N1CCCc2ccccc21. The molecule has 1 N–H and O–H groups in total. The van der Waals surface area contributed by atoms with Crippen molar-refractivity contribution in [2.75, 3.05) is 16.8 Å². The molecule has 1 aliphatic heterocycles. The van der Waals surface area contributed by atoms with E-state index in [1.54, 1.807) is 11.1 Å². The van der Waals surface area contributed by atoms with Crippen LogP contribution in [-0.2, 0) is 11.2 Å². The lowest BCUT2D eigenvalue weighted by molar-refractivity contribution is -0.114. The van der Waals surface area contributed by atoms with Crippen LogP contribution in [0.3, 0.4) is 0 Å². The molecule has 6 heteroatoms. The second-order valence-corrected chi connectivity index (χ2v) is 5.74. The summed E-state index contributed by atoms with van der Waals surface area (Å²) < 4.78 is 0. The maximum absolute atomic E-state index is 12.6. The molecule has 0 aliphatic carbocycles. The zero-order valence-corrected chi connectivity index (χ0v) is 12.6. The van der Waals surface area contributed by atoms with E-state index in [9.17, 15) is 10.1 Å². The van der Waals surface area contributed by atoms with Gasteiger partial charge in [-0.1, -0.05) is 18.2 Å². The highest BCUT2D eigenvalue weighted by atomic mass is 32.1. The van der Waals surface area contributed by atoms with Crippen LogP contribution in [-0.4, -0.2) is 17.4 Å². The summed E-state index contributed by atoms with van der Waals surface area (Å²) in [5, 5.41) is 14.7. The Labute approximate surface area is 132 Å². The topological polar surface area (TPSA) is 69.0 Å². The van der Waals surface area contributed by atoms with Gasteiger partial charge in [0.15, 0.2) is 5.13 Å². The standard InChI is InChI=1S/C16H14N4OS/c17-10-13(11-19-16-18-7-9-22-16)15(21)20-8-3-5-12-4-1-2-6-14(12)20/h1-2,4,6-7,9,11H,3,5,8H2,(H,18,19)/b13-11-. The van der Waals surface area contributed by atoms with E-state index in [0.29, 0.717) is 11.7 Å². The molecule has 0 saturated carbocycles. The van der Waals surface area contributed by atoms with Crippen LogP contribution in [0.15, 0.2) is 47.6 Å². The van der Waals surface area contributed by atoms with Gasteiger partial charge in [-0.15, -0.1) is 11.3 Å². The molecule has 0 fully saturated rings. The average molecular weight is 310 g/mol. The summed E-state index contributed by atoms with van der Waals surface area (Å²) in [6.07, 6.45) is 4.96. The van der Waals surface area contributed by atoms with Gasteiger partial charge in [0.1, 0.15) is 11.6 Å². The second-order valence-electron chi connectivity index (χ2n) is 4.84. The van der Waals surface area contributed by atoms with Crippen LogP contribution in [0, 0.1) is 11.3 Å². The van der Waals surface area contributed by atoms with Crippen molar-refractivity contribution in [2.24, 2.45) is 0 Å². The molecular formula is C16H14N4OS. The number of nitrogens with one attached hydrogen (secondary N) is 1. The minimum absolute atomic E-state index is 0.0758. The van der Waals surface area contributed by atoms with Crippen LogP contribution < -0.4 is 10.2 Å². The molecule has 0 spiro atoms. The molecule has 1 aromatic carbocycles. The first-order valence-corrected chi connectivity index (χ1v) is 7.83. The molecule has 0 bridgehead atoms. The number of benzene rings is 1. The van der Waals surface area contributed by atoms with Crippen molar-refractivity contribution in [3.8, 4) is 6.07 Å². The maximum atomic E-state index is 12.6. The number of hydrogen-bond acceptors (Lipinski definition) is 5. The highest BCUT2D eigenvalue weighted by Gasteiger charge is 2.24. The minimum Gasteiger partial charge on any atom is -0.337 e. The smallest absolute Gasteiger partial charge is 0.270 e. The summed E-state index contributed by atoms with van der Waals surface area (Å²) >= 11 is 1.41. The molecule has 2 aromatic rings. The Morgan fingerprint density at radius 2 is 2.32 bits per heavy atom. The number of anilines is 2. The van der Waals surface area contributed by atoms with Crippen molar-refractivity contribution in [1.29, 1.82) is 5.26 Å². The Kier molecular flexibility index (Phi) is 4.17. The van der Waals surface area contributed by atoms with Crippen LogP contribution in [0.1, 0.15) is 12.0 Å². The van der Waals surface area contributed by atoms with E-state index in [0.717, 1.165) is 24.1 Å². The van der Waals surface area contributed by atoms with E-state index in [4.69, 9.17) is 0 Å². The molecule has 0 saturated heterocycles. The number of aromatic nitrogens is 1. The van der Waals surface area contributed by atoms with Gasteiger partial charge in [-0.2, -0.15) is 5.26 Å². The number of thiazole rings is 1. The number of carbonyl (C=O) groups excluding carboxylic acids is 1. The zero-order chi connectivity index (χ0) is 15.4. The molecule has 1 amide bonds. The van der Waals surface area contributed by atoms with Crippen molar-refractivity contribution in [3.05, 3.63) is 53.2 Å². The number of para-hydroxylation sites is 1. The van der Waals surface area contributed by atoms with Gasteiger partial charge in [-0.05, 0) is 24.5 Å². The third kappa shape index (κ3) is 2.85. The van der Waals surface area contributed by atoms with Crippen LogP contribution in [0.5, 0.6) is 0 Å². The third-order valence-electron chi connectivity index (χ3n) is 3.48. The molecule has 0 unspecified atom stereocenters. The second kappa shape index (κ2) is 6.41. The van der Waals surface area contributed by atoms with Gasteiger partial charge in [0.05, 0.1) is 0 Å². The number of rotatable bonds is 3. The fourth-order valence-corrected chi connectivity index (χ4v) is 2.96. The van der Waals surface area contributed by atoms with Crippen molar-refractivity contribution >= 4 is 28.1 Å². The lowest BCUT2D eigenvalue weighted by Gasteiger charge is -2.29. The summed E-state index contributed by atoms with van der Waals surface area (Å²) in [6.45, 7) is 0.631. The highest BCUT2D eigenvalue weighted by molar-refractivity contribution is 7.13. The summed E-state index contributed by atoms with van der Waals surface area (Å²) in [6, 6.07) is 9.81. The fourth-order valence-electron chi connectivity index (χ4n) is 2.46. The molecule has 5 nitrogen and oxygen atoms in total. The average Bonchev–Trinajstić information content (AvgIpc) is 3.08. The van der Waals surface area contributed by atoms with E-state index >= 15 is 0 Å². The number of nitriles is 1. The highest BCUT2D eigenvalue weighted by Crippen LogP contribution is 2.27. The van der Waals surface area contributed by atoms with Gasteiger partial charge >= 0.3 is 0 Å². The molecule has 0 atom stereocenters. The van der Waals surface area contributed by atoms with Gasteiger partial charge in [0.2, 0.25) is 0 Å². The molecule has 2 heterocycles. The van der Waals surface area contributed by atoms with Gasteiger partial charge in [0.25, 0.3) is 5.91 Å². The first-order chi connectivity index (χ1) is 10.8. The Hall–Kier alpha value is -2.65. The normalized spacial score (nSPS) is 14.1. The fraction of sp³-hybridized carbons (Fsp3) is 0.188. The molecule has 0 radical (unpaired) electrons. The summed E-state index contributed by atoms with van der Waals surface area (Å²) in [5.74, 6) is -0.279. The largest absolute Gasteiger partial charge is 0.337 e. The van der Waals surface area contributed by atoms with Crippen LogP contribution >= 0.6 is 11.3 Å². The van der Waals surface area contributed by atoms with Gasteiger partial charge in [-0.25, -0.2) is 4.98 Å². The minimum atomic E-state index is -0.279. The van der Waals surface area contributed by atoms with E-state index < -0.39 is 0 Å². The van der Waals surface area contributed by atoms with E-state index in [1.807, 2.05) is 35.7 Å². The Balaban J connectivity index is 1.84. The molecule has 110 valence electrons. The first-order valence-electron chi connectivity index (χ1n) is 6.95. The van der Waals surface area contributed by atoms with Gasteiger partial charge < -0.3 is 10.2 Å². The lowest BCUT2D eigenvalue weighted by Crippen LogP contribution is -2.36. The van der Waals surface area contributed by atoms with Crippen molar-refractivity contribution in [3.63, 3.8) is 0 Å². The number of hydrogen-bond donors (Lipinski definition) is 1. The Morgan fingerprint density at radius 3 is 3.09 bits per heavy atom. The summed E-state index contributed by atoms with van der Waals surface area (Å²) in [5.41, 5.74) is 2.12. The van der Waals surface area contributed by atoms with Crippen molar-refractivity contribution in [1.82, 2.24) is 4.98 Å². The predicted octanol–water partition coefficient (Wildman–Crippen LogP) is 2.94. The number of nitrogens with zero attached hydrogens (tertiary/aromatic N) is 3. The van der Waals surface area contributed by atoms with Gasteiger partial charge in [0, 0.05) is 30.0 Å². The molecular weight excluding hydrogens is 296 g/mol. The Bertz CT molecular complexity index is 746. The number of carbonyl (C=O) groups is 1. The van der Waals surface area contributed by atoms with Crippen molar-refractivity contribution < 1.29 is 4.79 Å². The molecule has 1 aromatic heterocycles. The predicted molar refractivity (Wildman–Crippen MR) is 86.5 cm³/mol. The third-order valence-corrected chi connectivity index (χ3v) is 4.18. The monoisotopic (exact) mass is 310 g/mol. The van der Waals surface area contributed by atoms with Crippen molar-refractivity contribution in [2.45, 2.75) is 12.8 Å². The van der Waals surface area contributed by atoms with E-state index in [1.165, 1.54) is 17.5 Å². The van der Waals surface area contributed by atoms with Crippen LogP contribution in [0.2, 0.25) is 0 Å². The van der Waals surface area contributed by atoms with Crippen LogP contribution in [0.25, 0.3) is 0 Å². The number of aryl methyl sites for hydroxylation is 1. The summed E-state index contributed by atoms with van der Waals surface area (Å²) in [4.78, 5) is 18.4. The molecule has 3 rings (SSSR count). The van der Waals surface area contributed by atoms with Crippen LogP contribution in [0.4, 0.5) is 10.8 Å². The lowest BCUT2D eigenvalue weighted by atomic mass is 10.0. The maximum Gasteiger partial charge on any atom is 0.270 e. The summed E-state index contributed by atoms with van der Waals surface area (Å²) in [7, 11) is 0. The molecule has 22 heavy (non-hydrogen) atoms. The number of amides is 1. The van der Waals surface area contributed by atoms with Gasteiger partial charge in [-0.3, -0.25) is 4.79 Å². The quantitative estimate of drug-likeness (QED) is 0.699. The first kappa shape index (κ1) is 14.3. The Morgan fingerprint density at radius 1 is 1.45 bits per heavy atom. The number of fused-ring (bicyclic) bond motifs is 1. The van der Waals surface area contributed by atoms with E-state index in [-0.39, 0.29) is 11.5 Å². The van der Waals surface area contributed by atoms with E-state index in [2.05, 4.69) is 10.3 Å².